The van der Waals surface area contributed by atoms with Crippen LogP contribution in [-0.4, -0.2) is 12.1 Å². The first kappa shape index (κ1) is 3.53. The monoisotopic (exact) mass is 82.1 g/mol. The van der Waals surface area contributed by atoms with Gasteiger partial charge in [-0.2, -0.15) is 0 Å². The maximum Gasteiger partial charge on any atom is 0.120 e. The number of hydrogen-bond donors (Lipinski definition) is 1. The molecule has 6 heavy (non-hydrogen) atoms. The number of amidine groups is 1. The van der Waals surface area contributed by atoms with Crippen LogP contribution in [0.2, 0.25) is 0 Å². The van der Waals surface area contributed by atoms with Gasteiger partial charge in [0.05, 0.1) is 0 Å². The molecular weight excluding hydrogens is 76.1 g/mol. The average Bonchev–Trinajstić information content (AvgIpc) is 1.86. The van der Waals surface area contributed by atoms with Crippen LogP contribution in [0.3, 0.4) is 0 Å². The van der Waals surface area contributed by atoms with Gasteiger partial charge in [-0.3, -0.25) is 5.41 Å². The smallest absolute Gasteiger partial charge is 0.120 e. The van der Waals surface area contributed by atoms with Crippen LogP contribution in [0.1, 0.15) is 12.8 Å². The second-order valence-electron chi connectivity index (χ2n) is 1.30. The van der Waals surface area contributed by atoms with E-state index in [1.807, 2.05) is 0 Å². The molecule has 0 atom stereocenters. The Kier molecular flexibility index (Phi) is 0.708. The minimum absolute atomic E-state index is 0.523. The lowest BCUT2D eigenvalue weighted by molar-refractivity contribution is 1.18. The summed E-state index contributed by atoms with van der Waals surface area (Å²) in [7, 11) is 0. The van der Waals surface area contributed by atoms with Crippen LogP contribution in [0, 0.1) is 5.41 Å². The lowest BCUT2D eigenvalue weighted by Gasteiger charge is -1.74. The van der Waals surface area contributed by atoms with E-state index in [9.17, 15) is 0 Å². The van der Waals surface area contributed by atoms with E-state index in [1.54, 1.807) is 6.21 Å². The largest absolute Gasteiger partial charge is 0.287 e. The fraction of sp³-hybridized carbons (Fsp3) is 0.500. The highest BCUT2D eigenvalue weighted by Crippen LogP contribution is 1.96. The van der Waals surface area contributed by atoms with Crippen LogP contribution in [0.25, 0.3) is 0 Å². The van der Waals surface area contributed by atoms with Crippen LogP contribution in [0.4, 0.5) is 0 Å². The lowest BCUT2D eigenvalue weighted by Crippen LogP contribution is -1.77. The van der Waals surface area contributed by atoms with Crippen molar-refractivity contribution in [2.45, 2.75) is 12.8 Å². The summed E-state index contributed by atoms with van der Waals surface area (Å²) in [5, 5.41) is 6.85. The molecule has 1 N–H and O–H groups in total. The maximum atomic E-state index is 6.85. The first-order chi connectivity index (χ1) is 2.89. The van der Waals surface area contributed by atoms with E-state index in [-0.39, 0.29) is 0 Å². The molecule has 0 radical (unpaired) electrons. The minimum Gasteiger partial charge on any atom is -0.287 e. The van der Waals surface area contributed by atoms with E-state index in [0.29, 0.717) is 5.84 Å². The zero-order chi connectivity index (χ0) is 4.41. The number of nitrogens with one attached hydrogen (secondary N) is 1. The third kappa shape index (κ3) is 0.455. The normalized spacial score (nSPS) is 19.7. The Balaban J connectivity index is 2.59. The Morgan fingerprint density at radius 2 is 2.67 bits per heavy atom. The van der Waals surface area contributed by atoms with E-state index < -0.39 is 0 Å². The third-order valence-electron chi connectivity index (χ3n) is 0.757. The first-order valence-electron chi connectivity index (χ1n) is 1.99. The Hall–Kier alpha value is -0.660. The van der Waals surface area contributed by atoms with Gasteiger partial charge in [-0.15, -0.1) is 0 Å². The van der Waals surface area contributed by atoms with Gasteiger partial charge in [0.15, 0.2) is 0 Å². The molecule has 0 amide bonds. The summed E-state index contributed by atoms with van der Waals surface area (Å²) in [6.45, 7) is 0. The van der Waals surface area contributed by atoms with Gasteiger partial charge in [-0.25, -0.2) is 4.99 Å². The Morgan fingerprint density at radius 1 is 1.83 bits per heavy atom. The second-order valence-corrected chi connectivity index (χ2v) is 1.30. The minimum atomic E-state index is 0.523. The van der Waals surface area contributed by atoms with Crippen molar-refractivity contribution in [2.24, 2.45) is 4.99 Å². The van der Waals surface area contributed by atoms with Crippen molar-refractivity contribution in [1.82, 2.24) is 0 Å². The molecule has 0 aromatic rings. The van der Waals surface area contributed by atoms with Crippen molar-refractivity contribution < 1.29 is 0 Å². The van der Waals surface area contributed by atoms with Crippen molar-refractivity contribution in [1.29, 1.82) is 5.41 Å². The van der Waals surface area contributed by atoms with Crippen LogP contribution >= 0.6 is 0 Å². The SMILES string of the molecule is N=C1CCC=N1. The number of aliphatic imine (C=N–C) groups is 1. The number of hydrogen-bond acceptors (Lipinski definition) is 1. The summed E-state index contributed by atoms with van der Waals surface area (Å²) < 4.78 is 0. The van der Waals surface area contributed by atoms with Crippen LogP contribution in [0.5, 0.6) is 0 Å². The van der Waals surface area contributed by atoms with Gasteiger partial charge in [-0.1, -0.05) is 0 Å². The third-order valence-corrected chi connectivity index (χ3v) is 0.757. The Morgan fingerprint density at radius 3 is 2.83 bits per heavy atom. The van der Waals surface area contributed by atoms with Gasteiger partial charge in [0.2, 0.25) is 0 Å². The van der Waals surface area contributed by atoms with E-state index in [0.717, 1.165) is 12.8 Å². The molecular formula is C4H6N2. The van der Waals surface area contributed by atoms with Gasteiger partial charge in [0.1, 0.15) is 5.84 Å². The summed E-state index contributed by atoms with van der Waals surface area (Å²) in [5.41, 5.74) is 0. The Labute approximate surface area is 36.4 Å². The standard InChI is InChI=1S/C4H6N2/c5-4-2-1-3-6-4/h3,5H,1-2H2. The first-order valence-corrected chi connectivity index (χ1v) is 1.99. The molecule has 0 saturated carbocycles. The van der Waals surface area contributed by atoms with Crippen LogP contribution in [-0.2, 0) is 0 Å². The molecule has 0 saturated heterocycles. The van der Waals surface area contributed by atoms with Crippen LogP contribution in [0.15, 0.2) is 4.99 Å². The highest BCUT2D eigenvalue weighted by Gasteiger charge is 1.95. The molecule has 2 nitrogen and oxygen atoms in total. The molecule has 0 unspecified atom stereocenters. The zero-order valence-corrected chi connectivity index (χ0v) is 3.44. The van der Waals surface area contributed by atoms with Gasteiger partial charge < -0.3 is 0 Å². The average molecular weight is 82.1 g/mol. The van der Waals surface area contributed by atoms with Gasteiger partial charge in [-0.05, 0) is 6.42 Å². The molecule has 0 aromatic heterocycles. The fourth-order valence-corrected chi connectivity index (χ4v) is 0.441. The predicted octanol–water partition coefficient (Wildman–Crippen LogP) is 0.828. The highest BCUT2D eigenvalue weighted by molar-refractivity contribution is 5.93. The van der Waals surface area contributed by atoms with Crippen molar-refractivity contribution in [3.05, 3.63) is 0 Å². The molecule has 0 bridgehead atoms. The van der Waals surface area contributed by atoms with Crippen molar-refractivity contribution in [3.63, 3.8) is 0 Å². The molecule has 2 heteroatoms. The second kappa shape index (κ2) is 1.20. The summed E-state index contributed by atoms with van der Waals surface area (Å²) in [4.78, 5) is 3.69. The van der Waals surface area contributed by atoms with E-state index >= 15 is 0 Å². The molecule has 32 valence electrons. The summed E-state index contributed by atoms with van der Waals surface area (Å²) >= 11 is 0. The zero-order valence-electron chi connectivity index (χ0n) is 3.44. The van der Waals surface area contributed by atoms with E-state index in [4.69, 9.17) is 5.41 Å². The molecule has 1 aliphatic heterocycles. The van der Waals surface area contributed by atoms with Crippen LogP contribution < -0.4 is 0 Å². The van der Waals surface area contributed by atoms with E-state index in [1.165, 1.54) is 0 Å². The summed E-state index contributed by atoms with van der Waals surface area (Å²) in [6, 6.07) is 0. The number of nitrogens with zero attached hydrogens (tertiary/aromatic N) is 1. The highest BCUT2D eigenvalue weighted by atomic mass is 14.8. The number of rotatable bonds is 0. The molecule has 0 aromatic carbocycles. The van der Waals surface area contributed by atoms with Crippen molar-refractivity contribution in [2.75, 3.05) is 0 Å². The summed E-state index contributed by atoms with van der Waals surface area (Å²) in [5.74, 6) is 0.523. The molecule has 1 rings (SSSR count). The molecule has 0 aliphatic carbocycles. The summed E-state index contributed by atoms with van der Waals surface area (Å²) in [6.07, 6.45) is 3.60. The predicted molar refractivity (Wildman–Crippen MR) is 25.5 cm³/mol. The molecule has 1 aliphatic rings. The quantitative estimate of drug-likeness (QED) is 0.449. The van der Waals surface area contributed by atoms with Gasteiger partial charge in [0.25, 0.3) is 0 Å². The fourth-order valence-electron chi connectivity index (χ4n) is 0.441. The van der Waals surface area contributed by atoms with Crippen molar-refractivity contribution in [3.8, 4) is 0 Å². The van der Waals surface area contributed by atoms with Gasteiger partial charge in [0, 0.05) is 12.6 Å². The molecule has 1 heterocycles. The molecule has 0 fully saturated rings. The lowest BCUT2D eigenvalue weighted by atomic mass is 10.4. The van der Waals surface area contributed by atoms with E-state index in [2.05, 4.69) is 4.99 Å². The van der Waals surface area contributed by atoms with Gasteiger partial charge >= 0.3 is 0 Å². The topological polar surface area (TPSA) is 36.2 Å². The van der Waals surface area contributed by atoms with Crippen molar-refractivity contribution >= 4 is 12.1 Å². The molecule has 0 spiro atoms. The Bertz CT molecular complexity index is 93.7. The maximum absolute atomic E-state index is 6.85.